The first-order chi connectivity index (χ1) is 12.1. The third-order valence-electron chi connectivity index (χ3n) is 5.20. The van der Waals surface area contributed by atoms with E-state index in [4.69, 9.17) is 0 Å². The number of hydrogen-bond acceptors (Lipinski definition) is 2. The lowest BCUT2D eigenvalue weighted by Crippen LogP contribution is -2.41. The molecule has 1 atom stereocenters. The Morgan fingerprint density at radius 2 is 1.59 bits per heavy atom. The number of carboxylic acids is 1. The average Bonchev–Trinajstić information content (AvgIpc) is 2.51. The van der Waals surface area contributed by atoms with Crippen molar-refractivity contribution in [1.82, 2.24) is 5.32 Å². The Kier molecular flexibility index (Phi) is 7.07. The van der Waals surface area contributed by atoms with Crippen molar-refractivity contribution in [3.8, 4) is 11.5 Å². The van der Waals surface area contributed by atoms with Gasteiger partial charge in [0.25, 0.3) is 5.91 Å². The number of carbonyl (C=O) groups excluding carboxylic acids is 1. The zero-order chi connectivity index (χ0) is 21.0. The Bertz CT molecular complexity index is 741. The summed E-state index contributed by atoms with van der Waals surface area (Å²) in [6, 6.07) is 6.26. The number of hydrogen-bond donors (Lipinski definition) is 2. The number of nitrogens with one attached hydrogen (secondary N) is 1. The highest BCUT2D eigenvalue weighted by Gasteiger charge is 2.33. The van der Waals surface area contributed by atoms with Gasteiger partial charge in [-0.05, 0) is 28.1 Å². The molecule has 0 spiro atoms. The lowest BCUT2D eigenvalue weighted by atomic mass is 9.86. The van der Waals surface area contributed by atoms with E-state index in [9.17, 15) is 14.7 Å². The summed E-state index contributed by atoms with van der Waals surface area (Å²) in [5.41, 5.74) is 4.86. The Morgan fingerprint density at radius 3 is 2.00 bits per heavy atom. The topological polar surface area (TPSA) is 66.4 Å². The van der Waals surface area contributed by atoms with Crippen molar-refractivity contribution in [2.45, 2.75) is 77.6 Å². The first-order valence-corrected chi connectivity index (χ1v) is 12.3. The van der Waals surface area contributed by atoms with Crippen molar-refractivity contribution >= 4 is 20.0 Å². The van der Waals surface area contributed by atoms with E-state index in [-0.39, 0.29) is 16.9 Å². The van der Waals surface area contributed by atoms with E-state index in [0.29, 0.717) is 5.56 Å². The van der Waals surface area contributed by atoms with Crippen molar-refractivity contribution in [2.75, 3.05) is 0 Å². The third-order valence-corrected chi connectivity index (χ3v) is 9.75. The van der Waals surface area contributed by atoms with Crippen LogP contribution in [0.15, 0.2) is 24.3 Å². The predicted octanol–water partition coefficient (Wildman–Crippen LogP) is 4.61. The molecule has 4 nitrogen and oxygen atoms in total. The van der Waals surface area contributed by atoms with Crippen LogP contribution in [0.4, 0.5) is 0 Å². The van der Waals surface area contributed by atoms with Gasteiger partial charge in [0.05, 0.1) is 0 Å². The van der Waals surface area contributed by atoms with E-state index in [2.05, 4.69) is 71.4 Å². The predicted molar refractivity (Wildman–Crippen MR) is 114 cm³/mol. The molecule has 1 aromatic rings. The van der Waals surface area contributed by atoms with Gasteiger partial charge < -0.3 is 10.4 Å². The average molecular weight is 388 g/mol. The van der Waals surface area contributed by atoms with Gasteiger partial charge in [-0.2, -0.15) is 0 Å². The molecule has 0 unspecified atom stereocenters. The minimum Gasteiger partial charge on any atom is -0.480 e. The van der Waals surface area contributed by atoms with E-state index in [1.54, 1.807) is 12.1 Å². The van der Waals surface area contributed by atoms with E-state index in [1.807, 2.05) is 12.1 Å². The summed E-state index contributed by atoms with van der Waals surface area (Å²) in [4.78, 5) is 24.0. The van der Waals surface area contributed by atoms with E-state index >= 15 is 0 Å². The van der Waals surface area contributed by atoms with Crippen LogP contribution < -0.4 is 5.32 Å². The van der Waals surface area contributed by atoms with Gasteiger partial charge in [-0.15, -0.1) is 11.5 Å². The number of aliphatic carboxylic acids is 1. The SMILES string of the molecule is CC(C)(C)c1ccc(C(=O)N[C@@H](CC#C[Si](C)(C)C(C)(C)C)C(=O)O)cc1. The summed E-state index contributed by atoms with van der Waals surface area (Å²) in [5, 5.41) is 12.1. The standard InChI is InChI=1S/C22H33NO3Si/c1-21(2,3)17-13-11-16(12-14-17)19(24)23-18(20(25)26)10-9-15-27(7,8)22(4,5)6/h11-14,18H,10H2,1-8H3,(H,23,24)(H,25,26)/t18-/m0/s1. The van der Waals surface area contributed by atoms with Gasteiger partial charge in [-0.1, -0.05) is 66.8 Å². The fraction of sp³-hybridized carbons (Fsp3) is 0.545. The van der Waals surface area contributed by atoms with Gasteiger partial charge in [-0.25, -0.2) is 4.79 Å². The highest BCUT2D eigenvalue weighted by molar-refractivity contribution is 6.87. The third kappa shape index (κ3) is 6.55. The van der Waals surface area contributed by atoms with Crippen LogP contribution in [0.1, 0.15) is 63.9 Å². The highest BCUT2D eigenvalue weighted by Crippen LogP contribution is 2.35. The van der Waals surface area contributed by atoms with Crippen molar-refractivity contribution < 1.29 is 14.7 Å². The largest absolute Gasteiger partial charge is 0.480 e. The number of benzene rings is 1. The molecule has 2 N–H and O–H groups in total. The molecule has 0 heterocycles. The Hall–Kier alpha value is -2.06. The molecule has 0 fully saturated rings. The molecule has 1 aromatic carbocycles. The summed E-state index contributed by atoms with van der Waals surface area (Å²) in [6.45, 7) is 17.1. The molecule has 5 heteroatoms. The maximum Gasteiger partial charge on any atom is 0.327 e. The molecule has 0 aromatic heterocycles. The van der Waals surface area contributed by atoms with Crippen LogP contribution in [0.3, 0.4) is 0 Å². The van der Waals surface area contributed by atoms with Gasteiger partial charge in [-0.3, -0.25) is 4.79 Å². The fourth-order valence-electron chi connectivity index (χ4n) is 2.12. The molecular weight excluding hydrogens is 354 g/mol. The van der Waals surface area contributed by atoms with Gasteiger partial charge in [0, 0.05) is 12.0 Å². The fourth-order valence-corrected chi connectivity index (χ4v) is 3.04. The van der Waals surface area contributed by atoms with Crippen LogP contribution in [0, 0.1) is 11.5 Å². The molecule has 148 valence electrons. The minimum absolute atomic E-state index is 0.00204. The second kappa shape index (κ2) is 8.31. The Labute approximate surface area is 164 Å². The van der Waals surface area contributed by atoms with Gasteiger partial charge in [0.15, 0.2) is 0 Å². The summed E-state index contributed by atoms with van der Waals surface area (Å²) in [6.07, 6.45) is 0.105. The van der Waals surface area contributed by atoms with Gasteiger partial charge in [0.1, 0.15) is 14.1 Å². The molecule has 0 aliphatic rings. The number of rotatable bonds is 4. The zero-order valence-electron chi connectivity index (χ0n) is 17.9. The smallest absolute Gasteiger partial charge is 0.327 e. The maximum atomic E-state index is 12.4. The van der Waals surface area contributed by atoms with Crippen molar-refractivity contribution in [3.63, 3.8) is 0 Å². The molecular formula is C22H33NO3Si. The maximum absolute atomic E-state index is 12.4. The molecule has 1 rings (SSSR count). The van der Waals surface area contributed by atoms with Crippen molar-refractivity contribution in [3.05, 3.63) is 35.4 Å². The lowest BCUT2D eigenvalue weighted by molar-refractivity contribution is -0.139. The quantitative estimate of drug-likeness (QED) is 0.586. The van der Waals surface area contributed by atoms with Crippen molar-refractivity contribution in [1.29, 1.82) is 0 Å². The van der Waals surface area contributed by atoms with Crippen LogP contribution in [0.2, 0.25) is 18.1 Å². The number of carboxylic acid groups (broad SMARTS) is 1. The summed E-state index contributed by atoms with van der Waals surface area (Å²) >= 11 is 0. The van der Waals surface area contributed by atoms with Gasteiger partial charge >= 0.3 is 5.97 Å². The normalized spacial score (nSPS) is 13.3. The van der Waals surface area contributed by atoms with Crippen molar-refractivity contribution in [2.24, 2.45) is 0 Å². The first-order valence-electron chi connectivity index (χ1n) is 9.29. The van der Waals surface area contributed by atoms with Crippen LogP contribution in [-0.2, 0) is 10.2 Å². The van der Waals surface area contributed by atoms with Crippen LogP contribution in [-0.4, -0.2) is 31.1 Å². The molecule has 27 heavy (non-hydrogen) atoms. The monoisotopic (exact) mass is 387 g/mol. The Morgan fingerprint density at radius 1 is 1.07 bits per heavy atom. The molecule has 1 amide bonds. The van der Waals surface area contributed by atoms with Crippen LogP contribution in [0.25, 0.3) is 0 Å². The molecule has 0 radical (unpaired) electrons. The Balaban J connectivity index is 2.87. The number of amides is 1. The highest BCUT2D eigenvalue weighted by atomic mass is 28.3. The second-order valence-corrected chi connectivity index (χ2v) is 14.6. The van der Waals surface area contributed by atoms with E-state index in [0.717, 1.165) is 5.56 Å². The molecule has 0 bridgehead atoms. The van der Waals surface area contributed by atoms with Crippen LogP contribution in [0.5, 0.6) is 0 Å². The second-order valence-electron chi connectivity index (χ2n) is 9.57. The van der Waals surface area contributed by atoms with Gasteiger partial charge in [0.2, 0.25) is 0 Å². The van der Waals surface area contributed by atoms with Crippen LogP contribution >= 0.6 is 0 Å². The molecule has 0 saturated carbocycles. The summed E-state index contributed by atoms with van der Waals surface area (Å²) in [5.74, 6) is 1.55. The summed E-state index contributed by atoms with van der Waals surface area (Å²) in [7, 11) is -1.80. The lowest BCUT2D eigenvalue weighted by Gasteiger charge is -2.31. The van der Waals surface area contributed by atoms with E-state index in [1.165, 1.54) is 0 Å². The minimum atomic E-state index is -1.80. The molecule has 0 saturated heterocycles. The van der Waals surface area contributed by atoms with E-state index < -0.39 is 26.0 Å². The first kappa shape index (κ1) is 23.0. The zero-order valence-corrected chi connectivity index (χ0v) is 18.9. The number of carbonyl (C=O) groups is 2. The summed E-state index contributed by atoms with van der Waals surface area (Å²) < 4.78 is 0. The molecule has 0 aliphatic heterocycles. The molecule has 0 aliphatic carbocycles.